The molecule has 2 atom stereocenters. The van der Waals surface area contributed by atoms with Crippen LogP contribution in [0.3, 0.4) is 0 Å². The van der Waals surface area contributed by atoms with Gasteiger partial charge in [-0.05, 0) is 25.3 Å². The molecule has 0 saturated heterocycles. The zero-order valence-electron chi connectivity index (χ0n) is 14.2. The highest BCUT2D eigenvalue weighted by molar-refractivity contribution is 4.93. The zero-order chi connectivity index (χ0) is 15.6. The fourth-order valence-electron chi connectivity index (χ4n) is 3.06. The SMILES string of the molecule is CNC1C(OCCOCCOCCOC)CCCC1(C)C. The van der Waals surface area contributed by atoms with Crippen LogP contribution in [0.2, 0.25) is 0 Å². The van der Waals surface area contributed by atoms with Crippen LogP contribution in [0.15, 0.2) is 0 Å². The largest absolute Gasteiger partial charge is 0.382 e. The van der Waals surface area contributed by atoms with Crippen LogP contribution in [0.25, 0.3) is 0 Å². The van der Waals surface area contributed by atoms with E-state index in [4.69, 9.17) is 18.9 Å². The first-order chi connectivity index (χ1) is 10.1. The minimum absolute atomic E-state index is 0.292. The molecule has 2 unspecified atom stereocenters. The van der Waals surface area contributed by atoms with E-state index in [-0.39, 0.29) is 0 Å². The van der Waals surface area contributed by atoms with E-state index in [9.17, 15) is 0 Å². The Morgan fingerprint density at radius 2 is 1.62 bits per heavy atom. The standard InChI is InChI=1S/C16H33NO4/c1-16(2)7-5-6-14(15(16)17-3)21-13-12-20-11-10-19-9-8-18-4/h14-15,17H,5-13H2,1-4H3. The highest BCUT2D eigenvalue weighted by Gasteiger charge is 2.38. The van der Waals surface area contributed by atoms with Crippen LogP contribution in [0.4, 0.5) is 0 Å². The maximum atomic E-state index is 6.02. The predicted molar refractivity (Wildman–Crippen MR) is 83.7 cm³/mol. The van der Waals surface area contributed by atoms with E-state index in [0.29, 0.717) is 57.2 Å². The molecule has 0 spiro atoms. The molecular formula is C16H33NO4. The average molecular weight is 303 g/mol. The van der Waals surface area contributed by atoms with E-state index in [1.807, 2.05) is 7.05 Å². The lowest BCUT2D eigenvalue weighted by atomic mass is 9.72. The maximum Gasteiger partial charge on any atom is 0.0734 e. The smallest absolute Gasteiger partial charge is 0.0734 e. The van der Waals surface area contributed by atoms with Gasteiger partial charge < -0.3 is 24.3 Å². The number of rotatable bonds is 11. The van der Waals surface area contributed by atoms with Crippen molar-refractivity contribution in [2.75, 3.05) is 53.8 Å². The van der Waals surface area contributed by atoms with Gasteiger partial charge in [0.25, 0.3) is 0 Å². The van der Waals surface area contributed by atoms with Crippen LogP contribution in [0.1, 0.15) is 33.1 Å². The first kappa shape index (κ1) is 18.8. The third kappa shape index (κ3) is 7.06. The monoisotopic (exact) mass is 303 g/mol. The van der Waals surface area contributed by atoms with Crippen LogP contribution in [-0.2, 0) is 18.9 Å². The minimum atomic E-state index is 0.292. The molecular weight excluding hydrogens is 270 g/mol. The van der Waals surface area contributed by atoms with E-state index < -0.39 is 0 Å². The van der Waals surface area contributed by atoms with Gasteiger partial charge in [-0.3, -0.25) is 0 Å². The lowest BCUT2D eigenvalue weighted by Gasteiger charge is -2.43. The second kappa shape index (κ2) is 10.5. The maximum absolute atomic E-state index is 6.02. The molecule has 1 aliphatic carbocycles. The van der Waals surface area contributed by atoms with Gasteiger partial charge in [-0.2, -0.15) is 0 Å². The molecule has 1 fully saturated rings. The Balaban J connectivity index is 2.06. The lowest BCUT2D eigenvalue weighted by Crippen LogP contribution is -2.52. The molecule has 1 saturated carbocycles. The number of likely N-dealkylation sites (N-methyl/N-ethyl adjacent to an activating group) is 1. The molecule has 5 heteroatoms. The topological polar surface area (TPSA) is 49.0 Å². The molecule has 1 aliphatic rings. The van der Waals surface area contributed by atoms with Gasteiger partial charge in [0.05, 0.1) is 45.7 Å². The first-order valence-electron chi connectivity index (χ1n) is 8.05. The Bertz CT molecular complexity index is 261. The lowest BCUT2D eigenvalue weighted by molar-refractivity contribution is -0.0593. The van der Waals surface area contributed by atoms with Crippen molar-refractivity contribution in [2.24, 2.45) is 5.41 Å². The summed E-state index contributed by atoms with van der Waals surface area (Å²) in [5, 5.41) is 3.43. The second-order valence-electron chi connectivity index (χ2n) is 6.27. The number of ether oxygens (including phenoxy) is 4. The highest BCUT2D eigenvalue weighted by atomic mass is 16.6. The molecule has 1 N–H and O–H groups in total. The van der Waals surface area contributed by atoms with Gasteiger partial charge >= 0.3 is 0 Å². The first-order valence-corrected chi connectivity index (χ1v) is 8.05. The zero-order valence-corrected chi connectivity index (χ0v) is 14.2. The fraction of sp³-hybridized carbons (Fsp3) is 1.00. The van der Waals surface area contributed by atoms with Crippen molar-refractivity contribution in [2.45, 2.75) is 45.3 Å². The Labute approximate surface area is 129 Å². The molecule has 0 aromatic carbocycles. The molecule has 126 valence electrons. The summed E-state index contributed by atoms with van der Waals surface area (Å²) < 4.78 is 21.8. The predicted octanol–water partition coefficient (Wildman–Crippen LogP) is 1.85. The van der Waals surface area contributed by atoms with Crippen molar-refractivity contribution in [3.8, 4) is 0 Å². The summed E-state index contributed by atoms with van der Waals surface area (Å²) in [6.07, 6.45) is 3.92. The van der Waals surface area contributed by atoms with Crippen LogP contribution in [0.5, 0.6) is 0 Å². The molecule has 1 rings (SSSR count). The third-order valence-corrected chi connectivity index (χ3v) is 4.20. The number of hydrogen-bond donors (Lipinski definition) is 1. The van der Waals surface area contributed by atoms with Crippen LogP contribution in [0, 0.1) is 5.41 Å². The molecule has 0 aromatic heterocycles. The van der Waals surface area contributed by atoms with Gasteiger partial charge in [0.1, 0.15) is 0 Å². The summed E-state index contributed by atoms with van der Waals surface area (Å²) in [4.78, 5) is 0. The molecule has 21 heavy (non-hydrogen) atoms. The van der Waals surface area contributed by atoms with E-state index in [0.717, 1.165) is 6.42 Å². The van der Waals surface area contributed by atoms with Crippen LogP contribution >= 0.6 is 0 Å². The number of nitrogens with one attached hydrogen (secondary N) is 1. The van der Waals surface area contributed by atoms with E-state index in [2.05, 4.69) is 19.2 Å². The molecule has 5 nitrogen and oxygen atoms in total. The normalized spacial score (nSPS) is 25.1. The van der Waals surface area contributed by atoms with Crippen molar-refractivity contribution in [3.05, 3.63) is 0 Å². The summed E-state index contributed by atoms with van der Waals surface area (Å²) in [5.41, 5.74) is 0.299. The quantitative estimate of drug-likeness (QED) is 0.590. The van der Waals surface area contributed by atoms with E-state index >= 15 is 0 Å². The summed E-state index contributed by atoms with van der Waals surface area (Å²) in [6.45, 7) is 8.38. The van der Waals surface area contributed by atoms with Gasteiger partial charge in [0, 0.05) is 13.2 Å². The molecule has 0 heterocycles. The Morgan fingerprint density at radius 1 is 1.00 bits per heavy atom. The minimum Gasteiger partial charge on any atom is -0.382 e. The Hall–Kier alpha value is -0.200. The van der Waals surface area contributed by atoms with Crippen LogP contribution < -0.4 is 5.32 Å². The van der Waals surface area contributed by atoms with Gasteiger partial charge in [-0.15, -0.1) is 0 Å². The summed E-state index contributed by atoms with van der Waals surface area (Å²) in [7, 11) is 3.70. The van der Waals surface area contributed by atoms with E-state index in [1.165, 1.54) is 12.8 Å². The molecule has 0 aliphatic heterocycles. The van der Waals surface area contributed by atoms with Gasteiger partial charge in [-0.1, -0.05) is 20.3 Å². The van der Waals surface area contributed by atoms with Gasteiger partial charge in [-0.25, -0.2) is 0 Å². The average Bonchev–Trinajstić information content (AvgIpc) is 2.45. The van der Waals surface area contributed by atoms with Gasteiger partial charge in [0.2, 0.25) is 0 Å². The van der Waals surface area contributed by atoms with Crippen molar-refractivity contribution in [1.29, 1.82) is 0 Å². The van der Waals surface area contributed by atoms with Crippen molar-refractivity contribution < 1.29 is 18.9 Å². The number of hydrogen-bond acceptors (Lipinski definition) is 5. The van der Waals surface area contributed by atoms with Gasteiger partial charge in [0.15, 0.2) is 0 Å². The summed E-state index contributed by atoms with van der Waals surface area (Å²) in [6, 6.07) is 0.420. The highest BCUT2D eigenvalue weighted by Crippen LogP contribution is 2.36. The fourth-order valence-corrected chi connectivity index (χ4v) is 3.06. The van der Waals surface area contributed by atoms with Crippen molar-refractivity contribution in [3.63, 3.8) is 0 Å². The summed E-state index contributed by atoms with van der Waals surface area (Å²) >= 11 is 0. The second-order valence-corrected chi connectivity index (χ2v) is 6.27. The summed E-state index contributed by atoms with van der Waals surface area (Å²) in [5.74, 6) is 0. The number of methoxy groups -OCH3 is 1. The molecule has 0 radical (unpaired) electrons. The molecule has 0 amide bonds. The Kier molecular flexibility index (Phi) is 9.44. The van der Waals surface area contributed by atoms with Crippen molar-refractivity contribution >= 4 is 0 Å². The third-order valence-electron chi connectivity index (χ3n) is 4.20. The van der Waals surface area contributed by atoms with Crippen molar-refractivity contribution in [1.82, 2.24) is 5.32 Å². The van der Waals surface area contributed by atoms with Crippen LogP contribution in [-0.4, -0.2) is 65.9 Å². The van der Waals surface area contributed by atoms with E-state index in [1.54, 1.807) is 7.11 Å². The molecule has 0 bridgehead atoms. The Morgan fingerprint density at radius 3 is 2.24 bits per heavy atom. The molecule has 0 aromatic rings.